The van der Waals surface area contributed by atoms with Gasteiger partial charge in [0.05, 0.1) is 10.2 Å². The SMILES string of the molecule is Nc1ncnc2c(Br)c(C3CC3)nn12. The third kappa shape index (κ3) is 1.03. The van der Waals surface area contributed by atoms with E-state index in [1.54, 1.807) is 4.52 Å². The van der Waals surface area contributed by atoms with Gasteiger partial charge in [-0.25, -0.2) is 9.97 Å². The third-order valence-electron chi connectivity index (χ3n) is 2.38. The molecule has 72 valence electrons. The molecule has 2 aromatic heterocycles. The molecule has 2 N–H and O–H groups in total. The van der Waals surface area contributed by atoms with Crippen LogP contribution in [0, 0.1) is 0 Å². The highest BCUT2D eigenvalue weighted by atomic mass is 79.9. The van der Waals surface area contributed by atoms with Gasteiger partial charge >= 0.3 is 0 Å². The molecule has 0 aliphatic heterocycles. The fourth-order valence-corrected chi connectivity index (χ4v) is 2.17. The van der Waals surface area contributed by atoms with E-state index in [4.69, 9.17) is 5.73 Å². The number of anilines is 1. The number of fused-ring (bicyclic) bond motifs is 1. The van der Waals surface area contributed by atoms with Crippen molar-refractivity contribution in [2.75, 3.05) is 5.73 Å². The Morgan fingerprint density at radius 2 is 2.21 bits per heavy atom. The molecule has 0 radical (unpaired) electrons. The smallest absolute Gasteiger partial charge is 0.224 e. The average molecular weight is 254 g/mol. The number of aromatic nitrogens is 4. The first-order valence-corrected chi connectivity index (χ1v) is 5.21. The van der Waals surface area contributed by atoms with Crippen molar-refractivity contribution in [1.29, 1.82) is 0 Å². The molecule has 0 saturated heterocycles. The van der Waals surface area contributed by atoms with Gasteiger partial charge in [-0.05, 0) is 28.8 Å². The number of hydrogen-bond donors (Lipinski definition) is 1. The van der Waals surface area contributed by atoms with Crippen LogP contribution in [0.15, 0.2) is 10.8 Å². The summed E-state index contributed by atoms with van der Waals surface area (Å²) in [5.74, 6) is 0.952. The number of halogens is 1. The summed E-state index contributed by atoms with van der Waals surface area (Å²) in [5, 5.41) is 4.39. The molecule has 0 spiro atoms. The van der Waals surface area contributed by atoms with E-state index < -0.39 is 0 Å². The highest BCUT2D eigenvalue weighted by Gasteiger charge is 2.30. The van der Waals surface area contributed by atoms with Gasteiger partial charge in [-0.1, -0.05) is 0 Å². The van der Waals surface area contributed by atoms with Crippen LogP contribution < -0.4 is 5.73 Å². The minimum Gasteiger partial charge on any atom is -0.368 e. The first-order valence-electron chi connectivity index (χ1n) is 4.42. The lowest BCUT2D eigenvalue weighted by atomic mass is 10.3. The van der Waals surface area contributed by atoms with Gasteiger partial charge in [0.25, 0.3) is 0 Å². The van der Waals surface area contributed by atoms with Crippen molar-refractivity contribution in [1.82, 2.24) is 19.6 Å². The fraction of sp³-hybridized carbons (Fsp3) is 0.375. The Morgan fingerprint density at radius 3 is 2.86 bits per heavy atom. The Morgan fingerprint density at radius 1 is 1.43 bits per heavy atom. The lowest BCUT2D eigenvalue weighted by molar-refractivity contribution is 0.865. The Kier molecular flexibility index (Phi) is 1.55. The van der Waals surface area contributed by atoms with Gasteiger partial charge in [-0.2, -0.15) is 9.61 Å². The summed E-state index contributed by atoms with van der Waals surface area (Å²) in [7, 11) is 0. The molecular formula is C8H8BrN5. The fourth-order valence-electron chi connectivity index (χ4n) is 1.49. The summed E-state index contributed by atoms with van der Waals surface area (Å²) in [4.78, 5) is 8.02. The molecule has 0 unspecified atom stereocenters. The molecule has 14 heavy (non-hydrogen) atoms. The predicted molar refractivity (Wildman–Crippen MR) is 54.9 cm³/mol. The molecule has 1 aliphatic rings. The lowest BCUT2D eigenvalue weighted by Gasteiger charge is -1.93. The topological polar surface area (TPSA) is 69.1 Å². The van der Waals surface area contributed by atoms with Crippen molar-refractivity contribution in [3.8, 4) is 0 Å². The number of nitrogens with zero attached hydrogens (tertiary/aromatic N) is 4. The maximum Gasteiger partial charge on any atom is 0.224 e. The van der Waals surface area contributed by atoms with Gasteiger partial charge in [0.1, 0.15) is 6.33 Å². The minimum atomic E-state index is 0.377. The molecule has 2 heterocycles. The molecule has 0 aromatic carbocycles. The molecule has 1 aliphatic carbocycles. The maximum atomic E-state index is 5.69. The van der Waals surface area contributed by atoms with Gasteiger partial charge < -0.3 is 5.73 Å². The molecular weight excluding hydrogens is 246 g/mol. The summed E-state index contributed by atoms with van der Waals surface area (Å²) < 4.78 is 2.53. The number of nitrogen functional groups attached to an aromatic ring is 1. The van der Waals surface area contributed by atoms with E-state index in [1.165, 1.54) is 19.2 Å². The predicted octanol–water partition coefficient (Wildman–Crippen LogP) is 1.35. The van der Waals surface area contributed by atoms with Crippen LogP contribution in [0.1, 0.15) is 24.5 Å². The summed E-state index contributed by atoms with van der Waals surface area (Å²) >= 11 is 3.50. The third-order valence-corrected chi connectivity index (χ3v) is 3.14. The highest BCUT2D eigenvalue weighted by Crippen LogP contribution is 2.43. The first-order chi connectivity index (χ1) is 6.77. The summed E-state index contributed by atoms with van der Waals surface area (Å²) in [6.45, 7) is 0. The summed E-state index contributed by atoms with van der Waals surface area (Å²) in [6.07, 6.45) is 3.86. The normalized spacial score (nSPS) is 16.4. The number of nitrogens with two attached hydrogens (primary N) is 1. The summed E-state index contributed by atoms with van der Waals surface area (Å²) in [5.41, 5.74) is 7.49. The van der Waals surface area contributed by atoms with E-state index in [1.807, 2.05) is 0 Å². The van der Waals surface area contributed by atoms with E-state index >= 15 is 0 Å². The maximum absolute atomic E-state index is 5.69. The second-order valence-electron chi connectivity index (χ2n) is 3.44. The van der Waals surface area contributed by atoms with Crippen molar-refractivity contribution in [3.63, 3.8) is 0 Å². The zero-order valence-corrected chi connectivity index (χ0v) is 8.90. The molecule has 1 fully saturated rings. The van der Waals surface area contributed by atoms with Crippen LogP contribution in [0.3, 0.4) is 0 Å². The Balaban J connectivity index is 2.33. The Labute approximate surface area is 88.5 Å². The van der Waals surface area contributed by atoms with Gasteiger partial charge in [0.2, 0.25) is 5.95 Å². The molecule has 3 rings (SSSR count). The van der Waals surface area contributed by atoms with Gasteiger partial charge in [0.15, 0.2) is 5.65 Å². The van der Waals surface area contributed by atoms with E-state index in [9.17, 15) is 0 Å². The Hall–Kier alpha value is -1.17. The van der Waals surface area contributed by atoms with Crippen LogP contribution >= 0.6 is 15.9 Å². The van der Waals surface area contributed by atoms with Crippen LogP contribution in [0.2, 0.25) is 0 Å². The lowest BCUT2D eigenvalue weighted by Crippen LogP contribution is -2.02. The zero-order valence-electron chi connectivity index (χ0n) is 7.31. The van der Waals surface area contributed by atoms with Crippen molar-refractivity contribution in [2.45, 2.75) is 18.8 Å². The van der Waals surface area contributed by atoms with Gasteiger partial charge in [-0.15, -0.1) is 0 Å². The van der Waals surface area contributed by atoms with Gasteiger partial charge in [-0.3, -0.25) is 0 Å². The van der Waals surface area contributed by atoms with Crippen molar-refractivity contribution in [2.24, 2.45) is 0 Å². The molecule has 0 amide bonds. The van der Waals surface area contributed by atoms with Gasteiger partial charge in [0, 0.05) is 5.92 Å². The largest absolute Gasteiger partial charge is 0.368 e. The van der Waals surface area contributed by atoms with Crippen LogP contribution in [-0.4, -0.2) is 19.6 Å². The molecule has 1 saturated carbocycles. The molecule has 0 bridgehead atoms. The van der Waals surface area contributed by atoms with Crippen LogP contribution in [-0.2, 0) is 0 Å². The quantitative estimate of drug-likeness (QED) is 0.833. The van der Waals surface area contributed by atoms with Crippen molar-refractivity contribution >= 4 is 27.5 Å². The molecule has 0 atom stereocenters. The standard InChI is InChI=1S/C8H8BrN5/c9-5-6(4-1-2-4)13-14-7(5)11-3-12-8(14)10/h3-4H,1-2H2,(H2,10,11,12). The van der Waals surface area contributed by atoms with E-state index in [0.29, 0.717) is 11.9 Å². The van der Waals surface area contributed by atoms with E-state index in [-0.39, 0.29) is 0 Å². The first kappa shape index (κ1) is 8.16. The Bertz CT molecular complexity index is 502. The average Bonchev–Trinajstić information content (AvgIpc) is 2.94. The second kappa shape index (κ2) is 2.66. The van der Waals surface area contributed by atoms with E-state index in [2.05, 4.69) is 31.0 Å². The van der Waals surface area contributed by atoms with E-state index in [0.717, 1.165) is 15.8 Å². The molecule has 5 nitrogen and oxygen atoms in total. The number of hydrogen-bond acceptors (Lipinski definition) is 4. The molecule has 2 aromatic rings. The monoisotopic (exact) mass is 253 g/mol. The van der Waals surface area contributed by atoms with Crippen LogP contribution in [0.25, 0.3) is 5.65 Å². The highest BCUT2D eigenvalue weighted by molar-refractivity contribution is 9.10. The molecule has 6 heteroatoms. The second-order valence-corrected chi connectivity index (χ2v) is 4.23. The van der Waals surface area contributed by atoms with Crippen molar-refractivity contribution < 1.29 is 0 Å². The van der Waals surface area contributed by atoms with Crippen molar-refractivity contribution in [3.05, 3.63) is 16.5 Å². The number of rotatable bonds is 1. The van der Waals surface area contributed by atoms with Crippen LogP contribution in [0.5, 0.6) is 0 Å². The minimum absolute atomic E-state index is 0.377. The summed E-state index contributed by atoms with van der Waals surface area (Å²) in [6, 6.07) is 0. The zero-order chi connectivity index (χ0) is 9.71. The van der Waals surface area contributed by atoms with Crippen LogP contribution in [0.4, 0.5) is 5.95 Å².